The largest absolute Gasteiger partial charge is 0.493 e. The molecule has 33 heavy (non-hydrogen) atoms. The lowest BCUT2D eigenvalue weighted by Gasteiger charge is -2.33. The zero-order chi connectivity index (χ0) is 25.0. The van der Waals surface area contributed by atoms with Crippen LogP contribution in [0.1, 0.15) is 96.4 Å². The third kappa shape index (κ3) is 7.23. The number of esters is 1. The van der Waals surface area contributed by atoms with Crippen molar-refractivity contribution in [2.45, 2.75) is 91.5 Å². The number of unbranched alkanes of at least 4 members (excludes halogenated alkanes) is 1. The zero-order valence-corrected chi connectivity index (χ0v) is 20.8. The van der Waals surface area contributed by atoms with Gasteiger partial charge in [-0.25, -0.2) is 4.79 Å². The molecular formula is C26H37F3O4. The van der Waals surface area contributed by atoms with Crippen LogP contribution in [-0.2, 0) is 20.4 Å². The molecule has 0 aromatic heterocycles. The van der Waals surface area contributed by atoms with E-state index in [1.807, 2.05) is 13.0 Å². The van der Waals surface area contributed by atoms with Gasteiger partial charge in [-0.05, 0) is 69.6 Å². The van der Waals surface area contributed by atoms with Crippen molar-refractivity contribution in [3.05, 3.63) is 34.9 Å². The number of halogens is 3. The number of allylic oxidation sites excluding steroid dienone is 2. The van der Waals surface area contributed by atoms with E-state index in [2.05, 4.69) is 13.8 Å². The molecule has 1 aromatic rings. The van der Waals surface area contributed by atoms with Gasteiger partial charge in [-0.15, -0.1) is 0 Å². The lowest BCUT2D eigenvalue weighted by molar-refractivity contribution is -0.166. The van der Waals surface area contributed by atoms with E-state index < -0.39 is 29.4 Å². The maximum atomic E-state index is 14.2. The van der Waals surface area contributed by atoms with Crippen molar-refractivity contribution in [1.82, 2.24) is 0 Å². The number of carbonyl (C=O) groups excluding carboxylic acids is 1. The molecule has 1 unspecified atom stereocenters. The SMILES string of the molecule is CCCCOc1ccc(C(F)(F)F)c(C(OC(C)(C)C)C(=O)OC)c1C1=CCC(C)(C)CC1. The summed E-state index contributed by atoms with van der Waals surface area (Å²) in [5.41, 5.74) is -0.932. The van der Waals surface area contributed by atoms with Gasteiger partial charge in [0.1, 0.15) is 5.75 Å². The third-order valence-corrected chi connectivity index (χ3v) is 5.71. The van der Waals surface area contributed by atoms with Gasteiger partial charge < -0.3 is 14.2 Å². The standard InChI is InChI=1S/C26H37F3O4/c1-8-9-16-32-19-11-10-18(26(27,28)29)21(22(23(30)31-7)33-24(2,3)4)20(19)17-12-14-25(5,6)15-13-17/h10-12,22H,8-9,13-16H2,1-7H3. The fraction of sp³-hybridized carbons (Fsp3) is 0.654. The number of alkyl halides is 3. The number of ether oxygens (including phenoxy) is 3. The molecule has 0 aliphatic heterocycles. The van der Waals surface area contributed by atoms with Crippen molar-refractivity contribution in [1.29, 1.82) is 0 Å². The summed E-state index contributed by atoms with van der Waals surface area (Å²) in [6.07, 6.45) is -0.504. The normalized spacial score (nSPS) is 17.3. The average Bonchev–Trinajstić information content (AvgIpc) is 2.70. The average molecular weight is 471 g/mol. The molecule has 186 valence electrons. The molecule has 0 saturated heterocycles. The minimum Gasteiger partial charge on any atom is -0.493 e. The fourth-order valence-corrected chi connectivity index (χ4v) is 3.89. The van der Waals surface area contributed by atoms with Crippen LogP contribution >= 0.6 is 0 Å². The number of hydrogen-bond donors (Lipinski definition) is 0. The van der Waals surface area contributed by atoms with E-state index in [0.717, 1.165) is 44.4 Å². The molecule has 4 nitrogen and oxygen atoms in total. The van der Waals surface area contributed by atoms with Crippen LogP contribution < -0.4 is 4.74 Å². The van der Waals surface area contributed by atoms with E-state index in [4.69, 9.17) is 14.2 Å². The number of methoxy groups -OCH3 is 1. The van der Waals surface area contributed by atoms with E-state index in [0.29, 0.717) is 24.3 Å². The summed E-state index contributed by atoms with van der Waals surface area (Å²) in [7, 11) is 1.15. The van der Waals surface area contributed by atoms with Crippen LogP contribution in [0, 0.1) is 5.41 Å². The zero-order valence-electron chi connectivity index (χ0n) is 20.8. The van der Waals surface area contributed by atoms with Gasteiger partial charge >= 0.3 is 12.1 Å². The molecule has 1 atom stereocenters. The molecule has 1 aliphatic carbocycles. The van der Waals surface area contributed by atoms with Gasteiger partial charge in [0.2, 0.25) is 0 Å². The van der Waals surface area contributed by atoms with Crippen molar-refractivity contribution in [2.24, 2.45) is 5.41 Å². The maximum absolute atomic E-state index is 14.2. The van der Waals surface area contributed by atoms with Gasteiger partial charge in [0.05, 0.1) is 24.9 Å². The summed E-state index contributed by atoms with van der Waals surface area (Å²) < 4.78 is 59.5. The Kier molecular flexibility index (Phi) is 8.66. The van der Waals surface area contributed by atoms with Gasteiger partial charge in [0.25, 0.3) is 0 Å². The van der Waals surface area contributed by atoms with Crippen molar-refractivity contribution in [2.75, 3.05) is 13.7 Å². The Hall–Kier alpha value is -2.02. The van der Waals surface area contributed by atoms with E-state index in [1.54, 1.807) is 20.8 Å². The second kappa shape index (κ2) is 10.5. The Bertz CT molecular complexity index is 864. The van der Waals surface area contributed by atoms with Crippen LogP contribution in [0.5, 0.6) is 5.75 Å². The Morgan fingerprint density at radius 1 is 1.18 bits per heavy atom. The highest BCUT2D eigenvalue weighted by Gasteiger charge is 2.42. The molecule has 7 heteroatoms. The van der Waals surface area contributed by atoms with Crippen LogP contribution in [0.2, 0.25) is 0 Å². The molecular weight excluding hydrogens is 433 g/mol. The summed E-state index contributed by atoms with van der Waals surface area (Å²) in [6, 6.07) is 2.35. The van der Waals surface area contributed by atoms with E-state index >= 15 is 0 Å². The summed E-state index contributed by atoms with van der Waals surface area (Å²) in [5.74, 6) is -0.539. The Morgan fingerprint density at radius 2 is 1.85 bits per heavy atom. The Balaban J connectivity index is 2.84. The maximum Gasteiger partial charge on any atom is 0.416 e. The summed E-state index contributed by atoms with van der Waals surface area (Å²) in [5, 5.41) is 0. The molecule has 1 aromatic carbocycles. The molecule has 0 bridgehead atoms. The minimum absolute atomic E-state index is 0.0538. The van der Waals surface area contributed by atoms with E-state index in [-0.39, 0.29) is 11.0 Å². The molecule has 0 fully saturated rings. The monoisotopic (exact) mass is 470 g/mol. The predicted octanol–water partition coefficient (Wildman–Crippen LogP) is 7.51. The van der Waals surface area contributed by atoms with Crippen LogP contribution in [-0.4, -0.2) is 25.3 Å². The second-order valence-corrected chi connectivity index (χ2v) is 10.3. The lowest BCUT2D eigenvalue weighted by Crippen LogP contribution is -2.31. The first-order valence-corrected chi connectivity index (χ1v) is 11.5. The summed E-state index contributed by atoms with van der Waals surface area (Å²) in [4.78, 5) is 12.8. The van der Waals surface area contributed by atoms with Crippen molar-refractivity contribution in [3.63, 3.8) is 0 Å². The van der Waals surface area contributed by atoms with Gasteiger partial charge in [-0.1, -0.05) is 33.3 Å². The van der Waals surface area contributed by atoms with Gasteiger partial charge in [-0.2, -0.15) is 13.2 Å². The number of rotatable bonds is 8. The van der Waals surface area contributed by atoms with E-state index in [9.17, 15) is 18.0 Å². The molecule has 0 spiro atoms. The van der Waals surface area contributed by atoms with Crippen molar-refractivity contribution >= 4 is 11.5 Å². The molecule has 0 radical (unpaired) electrons. The quantitative estimate of drug-likeness (QED) is 0.291. The number of hydrogen-bond acceptors (Lipinski definition) is 4. The highest BCUT2D eigenvalue weighted by molar-refractivity contribution is 5.83. The smallest absolute Gasteiger partial charge is 0.416 e. The highest BCUT2D eigenvalue weighted by atomic mass is 19.4. The summed E-state index contributed by atoms with van der Waals surface area (Å²) >= 11 is 0. The Labute approximate surface area is 195 Å². The van der Waals surface area contributed by atoms with Gasteiger partial charge in [0, 0.05) is 11.1 Å². The van der Waals surface area contributed by atoms with Crippen molar-refractivity contribution < 1.29 is 32.2 Å². The lowest BCUT2D eigenvalue weighted by atomic mass is 9.75. The van der Waals surface area contributed by atoms with Crippen LogP contribution in [0.15, 0.2) is 18.2 Å². The molecule has 0 saturated carbocycles. The molecule has 1 aliphatic rings. The van der Waals surface area contributed by atoms with Crippen LogP contribution in [0.4, 0.5) is 13.2 Å². The minimum atomic E-state index is -4.69. The molecule has 0 N–H and O–H groups in total. The van der Waals surface area contributed by atoms with Crippen LogP contribution in [0.3, 0.4) is 0 Å². The van der Waals surface area contributed by atoms with Gasteiger partial charge in [-0.3, -0.25) is 0 Å². The summed E-state index contributed by atoms with van der Waals surface area (Å²) in [6.45, 7) is 11.7. The predicted molar refractivity (Wildman–Crippen MR) is 123 cm³/mol. The second-order valence-electron chi connectivity index (χ2n) is 10.3. The highest BCUT2D eigenvalue weighted by Crippen LogP contribution is 2.48. The topological polar surface area (TPSA) is 44.8 Å². The number of carbonyl (C=O) groups is 1. The van der Waals surface area contributed by atoms with Crippen molar-refractivity contribution in [3.8, 4) is 5.75 Å². The van der Waals surface area contributed by atoms with E-state index in [1.165, 1.54) is 6.07 Å². The first-order chi connectivity index (χ1) is 15.2. The fourth-order valence-electron chi connectivity index (χ4n) is 3.89. The molecule has 2 rings (SSSR count). The first kappa shape index (κ1) is 27.2. The first-order valence-electron chi connectivity index (χ1n) is 11.5. The third-order valence-electron chi connectivity index (χ3n) is 5.71. The molecule has 0 heterocycles. The Morgan fingerprint density at radius 3 is 2.33 bits per heavy atom. The van der Waals surface area contributed by atoms with Crippen LogP contribution in [0.25, 0.3) is 5.57 Å². The molecule has 0 amide bonds. The van der Waals surface area contributed by atoms with Gasteiger partial charge in [0.15, 0.2) is 6.10 Å². The number of benzene rings is 1.